The summed E-state index contributed by atoms with van der Waals surface area (Å²) < 4.78 is 53.9. The number of benzene rings is 2. The third-order valence-corrected chi connectivity index (χ3v) is 8.64. The molecule has 3 aromatic rings. The molecule has 0 radical (unpaired) electrons. The highest BCUT2D eigenvalue weighted by Gasteiger charge is 2.17. The summed E-state index contributed by atoms with van der Waals surface area (Å²) >= 11 is 1.56. The minimum absolute atomic E-state index is 0.0537. The summed E-state index contributed by atoms with van der Waals surface area (Å²) in [5, 5.41) is 4.57. The highest BCUT2D eigenvalue weighted by molar-refractivity contribution is 7.89. The molecular weight excluding hydrogens is 470 g/mol. The molecule has 0 aliphatic rings. The van der Waals surface area contributed by atoms with Crippen molar-refractivity contribution in [2.24, 2.45) is 0 Å². The van der Waals surface area contributed by atoms with Gasteiger partial charge in [0, 0.05) is 22.7 Å². The van der Waals surface area contributed by atoms with Gasteiger partial charge in [0.25, 0.3) is 5.91 Å². The Morgan fingerprint density at radius 1 is 0.969 bits per heavy atom. The van der Waals surface area contributed by atoms with Gasteiger partial charge in [0.2, 0.25) is 20.0 Å². The average molecular weight is 494 g/mol. The summed E-state index contributed by atoms with van der Waals surface area (Å²) in [4.78, 5) is 13.8. The Hall–Kier alpha value is -2.57. The van der Waals surface area contributed by atoms with Gasteiger partial charge >= 0.3 is 0 Å². The molecule has 0 saturated carbocycles. The van der Waals surface area contributed by atoms with Gasteiger partial charge in [0.15, 0.2) is 0 Å². The van der Waals surface area contributed by atoms with Gasteiger partial charge in [-0.05, 0) is 73.8 Å². The molecular formula is C21H23N3O5S3. The van der Waals surface area contributed by atoms with Crippen molar-refractivity contribution in [1.29, 1.82) is 0 Å². The number of thiophene rings is 1. The first-order valence-corrected chi connectivity index (χ1v) is 13.4. The van der Waals surface area contributed by atoms with Crippen LogP contribution in [0.3, 0.4) is 0 Å². The van der Waals surface area contributed by atoms with Gasteiger partial charge in [-0.25, -0.2) is 26.3 Å². The van der Waals surface area contributed by atoms with Crippen LogP contribution in [0, 0.1) is 6.92 Å². The van der Waals surface area contributed by atoms with Gasteiger partial charge in [-0.15, -0.1) is 11.3 Å². The first-order chi connectivity index (χ1) is 15.1. The fraction of sp³-hybridized carbons (Fsp3) is 0.190. The molecule has 0 aliphatic heterocycles. The lowest BCUT2D eigenvalue weighted by Gasteiger charge is -2.11. The summed E-state index contributed by atoms with van der Waals surface area (Å²) in [7, 11) is -6.05. The zero-order valence-electron chi connectivity index (χ0n) is 17.5. The number of anilines is 1. The normalized spacial score (nSPS) is 11.9. The minimum atomic E-state index is -3.70. The Bertz CT molecular complexity index is 1300. The van der Waals surface area contributed by atoms with Crippen molar-refractivity contribution in [3.63, 3.8) is 0 Å². The van der Waals surface area contributed by atoms with Gasteiger partial charge in [-0.3, -0.25) is 4.79 Å². The highest BCUT2D eigenvalue weighted by atomic mass is 32.2. The molecule has 0 aliphatic carbocycles. The van der Waals surface area contributed by atoms with Crippen molar-refractivity contribution in [3.05, 3.63) is 76.0 Å². The molecule has 0 bridgehead atoms. The van der Waals surface area contributed by atoms with Crippen LogP contribution < -0.4 is 14.8 Å². The smallest absolute Gasteiger partial charge is 0.255 e. The second-order valence-corrected chi connectivity index (χ2v) is 11.5. The van der Waals surface area contributed by atoms with E-state index in [4.69, 9.17) is 0 Å². The molecule has 1 amide bonds. The number of rotatable bonds is 9. The van der Waals surface area contributed by atoms with Crippen LogP contribution in [0.15, 0.2) is 69.8 Å². The maximum absolute atomic E-state index is 12.6. The third-order valence-electron chi connectivity index (χ3n) is 4.67. The Labute approximate surface area is 191 Å². The fourth-order valence-electron chi connectivity index (χ4n) is 2.91. The standard InChI is InChI=1S/C21H23N3O5S3/c1-15-5-8-17(14-20(15)32(28,29)22-2)24-21(25)16-6-9-19(10-7-16)31(26,27)23-12-11-18-4-3-13-30-18/h3-10,13-14,22-23H,11-12H2,1-2H3,(H,24,25). The monoisotopic (exact) mass is 493 g/mol. The molecule has 2 aromatic carbocycles. The van der Waals surface area contributed by atoms with Crippen LogP contribution in [0.5, 0.6) is 0 Å². The van der Waals surface area contributed by atoms with Crippen molar-refractivity contribution in [3.8, 4) is 0 Å². The lowest BCUT2D eigenvalue weighted by atomic mass is 10.2. The van der Waals surface area contributed by atoms with Crippen LogP contribution in [0.25, 0.3) is 0 Å². The van der Waals surface area contributed by atoms with Crippen LogP contribution in [0.2, 0.25) is 0 Å². The number of nitrogens with one attached hydrogen (secondary N) is 3. The molecule has 1 aromatic heterocycles. The molecule has 0 saturated heterocycles. The summed E-state index contributed by atoms with van der Waals surface area (Å²) in [5.41, 5.74) is 1.08. The Morgan fingerprint density at radius 2 is 1.69 bits per heavy atom. The van der Waals surface area contributed by atoms with E-state index >= 15 is 0 Å². The Morgan fingerprint density at radius 3 is 2.31 bits per heavy atom. The molecule has 3 N–H and O–H groups in total. The van der Waals surface area contributed by atoms with E-state index in [1.165, 1.54) is 37.4 Å². The number of carbonyl (C=O) groups is 1. The zero-order chi connectivity index (χ0) is 23.4. The Balaban J connectivity index is 1.68. The second kappa shape index (κ2) is 9.92. The van der Waals surface area contributed by atoms with Crippen molar-refractivity contribution in [1.82, 2.24) is 9.44 Å². The van der Waals surface area contributed by atoms with Gasteiger partial charge in [-0.1, -0.05) is 12.1 Å². The summed E-state index contributed by atoms with van der Waals surface area (Å²) in [6, 6.07) is 13.9. The van der Waals surface area contributed by atoms with E-state index in [0.29, 0.717) is 17.7 Å². The molecule has 3 rings (SSSR count). The number of hydrogen-bond donors (Lipinski definition) is 3. The van der Waals surface area contributed by atoms with E-state index in [2.05, 4.69) is 14.8 Å². The summed E-state index contributed by atoms with van der Waals surface area (Å²) in [5.74, 6) is -0.490. The fourth-order valence-corrected chi connectivity index (χ4v) is 5.65. The van der Waals surface area contributed by atoms with E-state index in [1.54, 1.807) is 30.4 Å². The molecule has 0 atom stereocenters. The maximum Gasteiger partial charge on any atom is 0.255 e. The summed E-state index contributed by atoms with van der Waals surface area (Å²) in [6.07, 6.45) is 0.596. The topological polar surface area (TPSA) is 121 Å². The molecule has 11 heteroatoms. The largest absolute Gasteiger partial charge is 0.322 e. The first-order valence-electron chi connectivity index (χ1n) is 9.60. The molecule has 0 fully saturated rings. The van der Waals surface area contributed by atoms with Crippen LogP contribution in [-0.4, -0.2) is 36.3 Å². The lowest BCUT2D eigenvalue weighted by Crippen LogP contribution is -2.26. The third kappa shape index (κ3) is 5.81. The molecule has 0 unspecified atom stereocenters. The minimum Gasteiger partial charge on any atom is -0.322 e. The quantitative estimate of drug-likeness (QED) is 0.423. The van der Waals surface area contributed by atoms with Crippen molar-refractivity contribution in [2.75, 3.05) is 18.9 Å². The van der Waals surface area contributed by atoms with Gasteiger partial charge in [0.05, 0.1) is 9.79 Å². The number of hydrogen-bond acceptors (Lipinski definition) is 6. The van der Waals surface area contributed by atoms with Crippen molar-refractivity contribution >= 4 is 43.0 Å². The van der Waals surface area contributed by atoms with Gasteiger partial charge in [0.1, 0.15) is 0 Å². The van der Waals surface area contributed by atoms with Crippen LogP contribution >= 0.6 is 11.3 Å². The predicted octanol–water partition coefficient (Wildman–Crippen LogP) is 2.74. The number of carbonyl (C=O) groups excluding carboxylic acids is 1. The predicted molar refractivity (Wildman–Crippen MR) is 125 cm³/mol. The van der Waals surface area contributed by atoms with Gasteiger partial charge in [-0.2, -0.15) is 0 Å². The van der Waals surface area contributed by atoms with Crippen molar-refractivity contribution < 1.29 is 21.6 Å². The molecule has 32 heavy (non-hydrogen) atoms. The SMILES string of the molecule is CNS(=O)(=O)c1cc(NC(=O)c2ccc(S(=O)(=O)NCCc3cccs3)cc2)ccc1C. The van der Waals surface area contributed by atoms with E-state index in [-0.39, 0.29) is 21.9 Å². The van der Waals surface area contributed by atoms with Crippen LogP contribution in [0.4, 0.5) is 5.69 Å². The average Bonchev–Trinajstić information content (AvgIpc) is 3.28. The van der Waals surface area contributed by atoms with E-state index in [0.717, 1.165) is 4.88 Å². The molecule has 8 nitrogen and oxygen atoms in total. The lowest BCUT2D eigenvalue weighted by molar-refractivity contribution is 0.102. The van der Waals surface area contributed by atoms with Gasteiger partial charge < -0.3 is 5.32 Å². The number of amides is 1. The van der Waals surface area contributed by atoms with E-state index in [9.17, 15) is 21.6 Å². The molecule has 0 spiro atoms. The number of aryl methyl sites for hydroxylation is 1. The van der Waals surface area contributed by atoms with Crippen molar-refractivity contribution in [2.45, 2.75) is 23.1 Å². The van der Waals surface area contributed by atoms with Crippen LogP contribution in [-0.2, 0) is 26.5 Å². The highest BCUT2D eigenvalue weighted by Crippen LogP contribution is 2.21. The van der Waals surface area contributed by atoms with Crippen LogP contribution in [0.1, 0.15) is 20.8 Å². The number of sulfonamides is 2. The molecule has 1 heterocycles. The van der Waals surface area contributed by atoms with E-state index in [1.807, 2.05) is 17.5 Å². The first kappa shape index (κ1) is 24.1. The zero-order valence-corrected chi connectivity index (χ0v) is 19.9. The second-order valence-electron chi connectivity index (χ2n) is 6.89. The molecule has 170 valence electrons. The Kier molecular flexibility index (Phi) is 7.47. The maximum atomic E-state index is 12.6. The van der Waals surface area contributed by atoms with E-state index < -0.39 is 26.0 Å². The summed E-state index contributed by atoms with van der Waals surface area (Å²) in [6.45, 7) is 1.93.